The zero-order valence-electron chi connectivity index (χ0n) is 45.7. The van der Waals surface area contributed by atoms with E-state index in [0.717, 1.165) is 46.6 Å². The molecule has 1 aromatic rings. The zero-order valence-corrected chi connectivity index (χ0v) is 48.1. The molecule has 10 unspecified atom stereocenters. The molecule has 0 aromatic heterocycles. The van der Waals surface area contributed by atoms with Crippen molar-refractivity contribution in [2.24, 2.45) is 17.4 Å². The van der Waals surface area contributed by atoms with Crippen molar-refractivity contribution in [2.45, 2.75) is 121 Å². The second kappa shape index (κ2) is 37.2. The fourth-order valence-corrected chi connectivity index (χ4v) is 10.4. The van der Waals surface area contributed by atoms with Crippen molar-refractivity contribution in [1.82, 2.24) is 10.6 Å². The highest BCUT2D eigenvalue weighted by Crippen LogP contribution is 2.36. The van der Waals surface area contributed by atoms with Gasteiger partial charge >= 0.3 is 12.1 Å². The molecule has 2 amide bonds. The molecule has 1 aromatic carbocycles. The molecule has 21 nitrogen and oxygen atoms in total. The van der Waals surface area contributed by atoms with E-state index in [0.29, 0.717) is 37.2 Å². The lowest BCUT2D eigenvalue weighted by molar-refractivity contribution is -0.217. The average molecular weight is 1140 g/mol. The van der Waals surface area contributed by atoms with Gasteiger partial charge in [0.15, 0.2) is 23.5 Å². The van der Waals surface area contributed by atoms with Crippen LogP contribution in [0, 0.1) is 29.6 Å². The summed E-state index contributed by atoms with van der Waals surface area (Å²) in [5.74, 6) is 9.28. The number of nitrogens with one attached hydrogen (secondary N) is 3. The molecule has 3 aliphatic heterocycles. The summed E-state index contributed by atoms with van der Waals surface area (Å²) in [5, 5.41) is 35.4. The van der Waals surface area contributed by atoms with E-state index in [1.807, 2.05) is 45.3 Å². The maximum atomic E-state index is 12.9. The molecule has 77 heavy (non-hydrogen) atoms. The number of likely N-dealkylation sites (N-methyl/N-ethyl adjacent to an activating group) is 1. The number of amides is 2. The summed E-state index contributed by atoms with van der Waals surface area (Å²) in [5.41, 5.74) is 12.3. The van der Waals surface area contributed by atoms with Crippen LogP contribution in [-0.4, -0.2) is 174 Å². The van der Waals surface area contributed by atoms with E-state index in [9.17, 15) is 29.4 Å². The van der Waals surface area contributed by atoms with Gasteiger partial charge in [0.05, 0.1) is 95.5 Å². The number of alkyl carbamates (subject to hydrolysis) is 1. The fourth-order valence-electron chi connectivity index (χ4n) is 7.59. The topological polar surface area (TPSA) is 300 Å². The Labute approximate surface area is 464 Å². The third-order valence-electron chi connectivity index (χ3n) is 11.9. The van der Waals surface area contributed by atoms with Gasteiger partial charge in [-0.1, -0.05) is 72.3 Å². The number of nitrogens with two attached hydrogens (primary N) is 2. The van der Waals surface area contributed by atoms with Crippen molar-refractivity contribution in [3.8, 4) is 35.2 Å². The molecule has 2 bridgehead atoms. The molecule has 6 rings (SSSR count). The third kappa shape index (κ3) is 22.1. The zero-order chi connectivity index (χ0) is 57.6. The lowest BCUT2D eigenvalue weighted by atomic mass is 9.78. The monoisotopic (exact) mass is 1140 g/mol. The van der Waals surface area contributed by atoms with Gasteiger partial charge in [0.1, 0.15) is 18.3 Å². The number of anilines is 1. The molecule has 0 saturated carbocycles. The molecule has 11 atom stereocenters. The van der Waals surface area contributed by atoms with Gasteiger partial charge in [-0.2, -0.15) is 0 Å². The first-order valence-corrected chi connectivity index (χ1v) is 28.8. The number of aliphatic hydroxyl groups is 3. The molecule has 0 radical (unpaired) electrons. The van der Waals surface area contributed by atoms with Crippen LogP contribution in [0.1, 0.15) is 70.2 Å². The van der Waals surface area contributed by atoms with Crippen LogP contribution in [-0.2, 0) is 42.7 Å². The number of ketones is 1. The van der Waals surface area contributed by atoms with E-state index in [1.165, 1.54) is 57.8 Å². The smallest absolute Gasteiger partial charge is 0.411 e. The quantitative estimate of drug-likeness (QED) is 0.0284. The summed E-state index contributed by atoms with van der Waals surface area (Å²) in [7, 11) is 11.9. The van der Waals surface area contributed by atoms with Crippen LogP contribution in [0.3, 0.4) is 0 Å². The third-order valence-corrected chi connectivity index (χ3v) is 16.0. The Bertz CT molecular complexity index is 2270. The maximum absolute atomic E-state index is 12.9. The highest BCUT2D eigenvalue weighted by atomic mass is 33.5. The lowest BCUT2D eigenvalue weighted by Crippen LogP contribution is -2.50. The van der Waals surface area contributed by atoms with Crippen molar-refractivity contribution < 1.29 is 77.1 Å². The molecular formula is C53H79N5O16S3. The van der Waals surface area contributed by atoms with E-state index in [4.69, 9.17) is 54.5 Å². The Balaban J connectivity index is 0.000000372. The Hall–Kier alpha value is -4.77. The number of esters is 1. The SMILES string of the molecule is C=C(OC)C(=O)Nc1cc(OC)c(OC)cc1C(=O)OC1CCOC(C)C1N.C=C1C2=C(NC(=O)OC)C(=O)C(O)C1C#C/C=C\C#CC2O.CCCSSSC.CCNC1CCC(OC2CO[C@H](C)C(N)C2)OC1.CO. The average Bonchev–Trinajstić information content (AvgIpc) is 3.43. The van der Waals surface area contributed by atoms with E-state index in [1.54, 1.807) is 0 Å². The predicted molar refractivity (Wildman–Crippen MR) is 300 cm³/mol. The Kier molecular flexibility index (Phi) is 33.0. The van der Waals surface area contributed by atoms with Crippen LogP contribution in [0.25, 0.3) is 0 Å². The van der Waals surface area contributed by atoms with Gasteiger partial charge in [0.25, 0.3) is 5.91 Å². The summed E-state index contributed by atoms with van der Waals surface area (Å²) >= 11 is 0. The number of Topliss-reactive ketones (excluding diaryl/α,β-unsaturated/α-hetero) is 1. The van der Waals surface area contributed by atoms with Crippen LogP contribution < -0.4 is 36.9 Å². The summed E-state index contributed by atoms with van der Waals surface area (Å²) in [6, 6.07) is 2.98. The van der Waals surface area contributed by atoms with Crippen LogP contribution in [0.4, 0.5) is 10.5 Å². The minimum Gasteiger partial charge on any atom is -0.493 e. The molecule has 430 valence electrons. The summed E-state index contributed by atoms with van der Waals surface area (Å²) in [6.45, 7) is 18.2. The number of ether oxygens (including phenoxy) is 9. The van der Waals surface area contributed by atoms with E-state index in [-0.39, 0.29) is 64.5 Å². The lowest BCUT2D eigenvalue weighted by Gasteiger charge is -2.36. The molecule has 3 saturated heterocycles. The largest absolute Gasteiger partial charge is 0.493 e. The van der Waals surface area contributed by atoms with Crippen molar-refractivity contribution in [1.29, 1.82) is 0 Å². The number of carbonyl (C=O) groups is 4. The first-order valence-electron chi connectivity index (χ1n) is 24.8. The number of benzene rings is 1. The Morgan fingerprint density at radius 3 is 2.16 bits per heavy atom. The second-order valence-electron chi connectivity index (χ2n) is 17.1. The molecule has 24 heteroatoms. The van der Waals surface area contributed by atoms with Crippen molar-refractivity contribution in [3.05, 3.63) is 65.6 Å². The first-order chi connectivity index (χ1) is 36.9. The Morgan fingerprint density at radius 1 is 0.896 bits per heavy atom. The normalized spacial score (nSPS) is 26.5. The van der Waals surface area contributed by atoms with Gasteiger partial charge in [0, 0.05) is 49.1 Å². The molecule has 5 aliphatic rings. The van der Waals surface area contributed by atoms with Crippen LogP contribution in [0.2, 0.25) is 0 Å². The molecular weight excluding hydrogens is 1060 g/mol. The minimum atomic E-state index is -1.50. The van der Waals surface area contributed by atoms with Crippen LogP contribution in [0.5, 0.6) is 11.5 Å². The van der Waals surface area contributed by atoms with Gasteiger partial charge in [-0.05, 0) is 79.9 Å². The molecule has 0 spiro atoms. The molecule has 2 aliphatic carbocycles. The number of rotatable bonds is 16. The molecule has 3 fully saturated rings. The van der Waals surface area contributed by atoms with Gasteiger partial charge in [-0.3, -0.25) is 14.9 Å². The van der Waals surface area contributed by atoms with E-state index < -0.39 is 54.0 Å². The second-order valence-corrected chi connectivity index (χ2v) is 21.6. The number of methoxy groups -OCH3 is 4. The van der Waals surface area contributed by atoms with Crippen molar-refractivity contribution in [3.63, 3.8) is 0 Å². The Morgan fingerprint density at radius 2 is 1.57 bits per heavy atom. The summed E-state index contributed by atoms with van der Waals surface area (Å²) < 4.78 is 48.0. The first kappa shape index (κ1) is 68.3. The highest BCUT2D eigenvalue weighted by Gasteiger charge is 2.41. The number of aliphatic hydroxyl groups excluding tert-OH is 3. The summed E-state index contributed by atoms with van der Waals surface area (Å²) in [6.07, 6.45) is 5.28. The van der Waals surface area contributed by atoms with Gasteiger partial charge in [-0.25, -0.2) is 9.59 Å². The molecule has 3 heterocycles. The highest BCUT2D eigenvalue weighted by molar-refractivity contribution is 9.09. The van der Waals surface area contributed by atoms with Crippen molar-refractivity contribution in [2.75, 3.05) is 79.2 Å². The van der Waals surface area contributed by atoms with Crippen LogP contribution >= 0.6 is 31.4 Å². The van der Waals surface area contributed by atoms with E-state index >= 15 is 0 Å². The number of fused-ring (bicyclic) bond motifs is 2. The minimum absolute atomic E-state index is 0.0304. The molecule has 10 N–H and O–H groups in total. The number of hydrogen-bond donors (Lipinski definition) is 8. The number of carbonyl (C=O) groups excluding carboxylic acids is 4. The van der Waals surface area contributed by atoms with Gasteiger partial charge < -0.3 is 80.1 Å². The maximum Gasteiger partial charge on any atom is 0.411 e. The van der Waals surface area contributed by atoms with Gasteiger partial charge in [0.2, 0.25) is 5.78 Å². The van der Waals surface area contributed by atoms with E-state index in [2.05, 4.69) is 77.6 Å². The number of allylic oxidation sites excluding steroid dienone is 2. The summed E-state index contributed by atoms with van der Waals surface area (Å²) in [4.78, 5) is 48.7. The van der Waals surface area contributed by atoms with Crippen LogP contribution in [0.15, 0.2) is 60.0 Å². The fraction of sp³-hybridized carbons (Fsp3) is 0.585. The number of hydrogen-bond acceptors (Lipinski definition) is 22. The van der Waals surface area contributed by atoms with Gasteiger partial charge in [-0.15, -0.1) is 0 Å². The predicted octanol–water partition coefficient (Wildman–Crippen LogP) is 4.40. The standard InChI is InChI=1S/C19H26N2O7.C16H13NO5.C13H26N2O3.C4H10S3.CH4O/c1-10-17(20)14(6-7-27-10)28-19(23)12-8-15(25-4)16(26-5)9-13(12)21-18(22)11(2)24-3;1-9-10-7-5-3-4-6-8-11(18)12(9)13(15(20)14(10)19)17-16(21)22-2;1-3-15-10-4-5-13(17-7-10)18-11-6-12(14)9(2)16-8-11;1-3-4-6-7-5-2;1-2/h8-10,14,17H,2,6-7,20H2,1,3-5H3,(H,21,22);3-4,10-11,14,18-19H,1H2,2H3,(H,17,21);9-13,15H,3-8,14H2,1-2H3;3-4H2,1-2H3;2H,1H3/b;4-3-;;;/t;;9-,10?,11?,12?,13?;;/m..1../s1. The van der Waals surface area contributed by atoms with Crippen molar-refractivity contribution >= 4 is 60.9 Å².